The van der Waals surface area contributed by atoms with Gasteiger partial charge in [0.1, 0.15) is 4.88 Å². The predicted molar refractivity (Wildman–Crippen MR) is 116 cm³/mol. The third-order valence-corrected chi connectivity index (χ3v) is 6.09. The molecule has 144 valence electrons. The van der Waals surface area contributed by atoms with Gasteiger partial charge >= 0.3 is 5.97 Å². The maximum atomic E-state index is 12.5. The second kappa shape index (κ2) is 9.57. The minimum Gasteiger partial charge on any atom is -0.462 e. The Morgan fingerprint density at radius 3 is 2.46 bits per heavy atom. The maximum absolute atomic E-state index is 12.5. The molecule has 28 heavy (non-hydrogen) atoms. The molecule has 0 saturated heterocycles. The summed E-state index contributed by atoms with van der Waals surface area (Å²) >= 11 is 2.78. The van der Waals surface area contributed by atoms with E-state index in [-0.39, 0.29) is 18.3 Å². The van der Waals surface area contributed by atoms with Crippen molar-refractivity contribution in [1.82, 2.24) is 0 Å². The average Bonchev–Trinajstić information content (AvgIpc) is 3.12. The number of esters is 1. The van der Waals surface area contributed by atoms with Crippen LogP contribution >= 0.6 is 23.1 Å². The number of aryl methyl sites for hydroxylation is 1. The highest BCUT2D eigenvalue weighted by Crippen LogP contribution is 2.35. The summed E-state index contributed by atoms with van der Waals surface area (Å²) in [4.78, 5) is 27.1. The second-order valence-corrected chi connectivity index (χ2v) is 8.19. The summed E-state index contributed by atoms with van der Waals surface area (Å²) in [6.07, 6.45) is 0. The van der Waals surface area contributed by atoms with Gasteiger partial charge in [0.15, 0.2) is 0 Å². The quantitative estimate of drug-likeness (QED) is 0.404. The zero-order valence-corrected chi connectivity index (χ0v) is 17.4. The first-order valence-corrected chi connectivity index (χ1v) is 10.7. The molecule has 1 heterocycles. The number of ether oxygens (including phenoxy) is 1. The predicted octanol–water partition coefficient (Wildman–Crippen LogP) is 5.63. The molecule has 1 aromatic heterocycles. The number of amides is 1. The number of carbonyl (C=O) groups is 2. The Balaban J connectivity index is 1.75. The lowest BCUT2D eigenvalue weighted by Crippen LogP contribution is -2.16. The molecule has 0 saturated carbocycles. The number of nitrogens with one attached hydrogen (secondary N) is 1. The standard InChI is InChI=1S/C22H21NO3S2/c1-3-26-22(25)21-18(13-19(28-21)16-7-5-4-6-8-16)23-20(24)14-27-17-11-9-15(2)10-12-17/h4-13H,3,14H2,1-2H3,(H,23,24). The number of hydrogen-bond acceptors (Lipinski definition) is 5. The molecule has 0 bridgehead atoms. The molecule has 4 nitrogen and oxygen atoms in total. The number of hydrogen-bond donors (Lipinski definition) is 1. The second-order valence-electron chi connectivity index (χ2n) is 6.09. The zero-order chi connectivity index (χ0) is 19.9. The summed E-state index contributed by atoms with van der Waals surface area (Å²) in [7, 11) is 0. The van der Waals surface area contributed by atoms with Crippen LogP contribution in [0, 0.1) is 6.92 Å². The summed E-state index contributed by atoms with van der Waals surface area (Å²) in [6, 6.07) is 19.6. The number of rotatable bonds is 7. The topological polar surface area (TPSA) is 55.4 Å². The van der Waals surface area contributed by atoms with E-state index in [4.69, 9.17) is 4.74 Å². The largest absolute Gasteiger partial charge is 0.462 e. The fourth-order valence-corrected chi connectivity index (χ4v) is 4.26. The van der Waals surface area contributed by atoms with E-state index in [1.54, 1.807) is 6.92 Å². The van der Waals surface area contributed by atoms with Crippen LogP contribution in [0.2, 0.25) is 0 Å². The Bertz CT molecular complexity index is 950. The number of thioether (sulfide) groups is 1. The highest BCUT2D eigenvalue weighted by atomic mass is 32.2. The van der Waals surface area contributed by atoms with Gasteiger partial charge in [0, 0.05) is 9.77 Å². The van der Waals surface area contributed by atoms with Gasteiger partial charge < -0.3 is 10.1 Å². The molecule has 6 heteroatoms. The van der Waals surface area contributed by atoms with E-state index >= 15 is 0 Å². The van der Waals surface area contributed by atoms with Crippen LogP contribution in [0.15, 0.2) is 65.6 Å². The normalized spacial score (nSPS) is 10.5. The maximum Gasteiger partial charge on any atom is 0.350 e. The molecular formula is C22H21NO3S2. The number of carbonyl (C=O) groups excluding carboxylic acids is 2. The highest BCUT2D eigenvalue weighted by Gasteiger charge is 2.20. The average molecular weight is 412 g/mol. The van der Waals surface area contributed by atoms with Crippen molar-refractivity contribution < 1.29 is 14.3 Å². The van der Waals surface area contributed by atoms with E-state index in [0.29, 0.717) is 10.6 Å². The lowest BCUT2D eigenvalue weighted by molar-refractivity contribution is -0.113. The summed E-state index contributed by atoms with van der Waals surface area (Å²) < 4.78 is 5.15. The molecule has 0 aliphatic rings. The minimum absolute atomic E-state index is 0.159. The summed E-state index contributed by atoms with van der Waals surface area (Å²) in [5, 5.41) is 2.87. The number of anilines is 1. The van der Waals surface area contributed by atoms with Crippen LogP contribution in [0.25, 0.3) is 10.4 Å². The van der Waals surface area contributed by atoms with Crippen molar-refractivity contribution in [3.05, 3.63) is 71.1 Å². The lowest BCUT2D eigenvalue weighted by Gasteiger charge is -2.06. The number of benzene rings is 2. The van der Waals surface area contributed by atoms with Crippen LogP contribution in [0.4, 0.5) is 5.69 Å². The summed E-state index contributed by atoms with van der Waals surface area (Å²) in [5.41, 5.74) is 2.67. The Labute approximate surface area is 172 Å². The smallest absolute Gasteiger partial charge is 0.350 e. The van der Waals surface area contributed by atoms with E-state index in [9.17, 15) is 9.59 Å². The molecule has 0 aliphatic carbocycles. The van der Waals surface area contributed by atoms with Gasteiger partial charge in [-0.2, -0.15) is 0 Å². The molecule has 0 unspecified atom stereocenters. The van der Waals surface area contributed by atoms with E-state index in [1.165, 1.54) is 28.7 Å². The van der Waals surface area contributed by atoms with Crippen molar-refractivity contribution in [2.75, 3.05) is 17.7 Å². The van der Waals surface area contributed by atoms with Crippen molar-refractivity contribution >= 4 is 40.7 Å². The van der Waals surface area contributed by atoms with Crippen molar-refractivity contribution in [2.45, 2.75) is 18.7 Å². The zero-order valence-electron chi connectivity index (χ0n) is 15.7. The van der Waals surface area contributed by atoms with Gasteiger partial charge in [-0.05, 0) is 37.6 Å². The van der Waals surface area contributed by atoms with Crippen molar-refractivity contribution in [3.8, 4) is 10.4 Å². The first-order valence-electron chi connectivity index (χ1n) is 8.92. The van der Waals surface area contributed by atoms with E-state index in [1.807, 2.05) is 67.6 Å². The third kappa shape index (κ3) is 5.24. The molecule has 3 aromatic rings. The SMILES string of the molecule is CCOC(=O)c1sc(-c2ccccc2)cc1NC(=O)CSc1ccc(C)cc1. The highest BCUT2D eigenvalue weighted by molar-refractivity contribution is 8.00. The molecule has 0 atom stereocenters. The summed E-state index contributed by atoms with van der Waals surface area (Å²) in [5.74, 6) is -0.313. The van der Waals surface area contributed by atoms with Crippen LogP contribution in [0.5, 0.6) is 0 Å². The van der Waals surface area contributed by atoms with Crippen LogP contribution in [-0.2, 0) is 9.53 Å². The van der Waals surface area contributed by atoms with Gasteiger partial charge in [-0.25, -0.2) is 4.79 Å². The molecule has 3 rings (SSSR count). The van der Waals surface area contributed by atoms with Gasteiger partial charge in [0.25, 0.3) is 0 Å². The molecule has 1 N–H and O–H groups in total. The molecule has 0 fully saturated rings. The van der Waals surface area contributed by atoms with Crippen LogP contribution in [0.1, 0.15) is 22.2 Å². The van der Waals surface area contributed by atoms with Crippen LogP contribution in [0.3, 0.4) is 0 Å². The monoisotopic (exact) mass is 411 g/mol. The van der Waals surface area contributed by atoms with Crippen molar-refractivity contribution in [1.29, 1.82) is 0 Å². The molecule has 0 aliphatic heterocycles. The van der Waals surface area contributed by atoms with Gasteiger partial charge in [-0.15, -0.1) is 23.1 Å². The van der Waals surface area contributed by atoms with Gasteiger partial charge in [0.2, 0.25) is 5.91 Å². The van der Waals surface area contributed by atoms with Gasteiger partial charge in [-0.3, -0.25) is 4.79 Å². The van der Waals surface area contributed by atoms with Crippen LogP contribution < -0.4 is 5.32 Å². The minimum atomic E-state index is -0.420. The molecule has 0 radical (unpaired) electrons. The van der Waals surface area contributed by atoms with Crippen LogP contribution in [-0.4, -0.2) is 24.2 Å². The third-order valence-electron chi connectivity index (χ3n) is 3.92. The van der Waals surface area contributed by atoms with E-state index in [0.717, 1.165) is 15.3 Å². The molecular weight excluding hydrogens is 390 g/mol. The Kier molecular flexibility index (Phi) is 6.90. The fourth-order valence-electron chi connectivity index (χ4n) is 2.55. The molecule has 0 spiro atoms. The fraction of sp³-hybridized carbons (Fsp3) is 0.182. The Morgan fingerprint density at radius 1 is 1.07 bits per heavy atom. The molecule has 1 amide bonds. The first-order chi connectivity index (χ1) is 13.6. The van der Waals surface area contributed by atoms with Gasteiger partial charge in [-0.1, -0.05) is 48.0 Å². The molecule has 2 aromatic carbocycles. The Morgan fingerprint density at radius 2 is 1.79 bits per heavy atom. The Hall–Kier alpha value is -2.57. The number of thiophene rings is 1. The first kappa shape index (κ1) is 20.2. The lowest BCUT2D eigenvalue weighted by atomic mass is 10.2. The van der Waals surface area contributed by atoms with Crippen molar-refractivity contribution in [2.24, 2.45) is 0 Å². The van der Waals surface area contributed by atoms with E-state index in [2.05, 4.69) is 5.32 Å². The summed E-state index contributed by atoms with van der Waals surface area (Å²) in [6.45, 7) is 4.08. The van der Waals surface area contributed by atoms with E-state index < -0.39 is 5.97 Å². The van der Waals surface area contributed by atoms with Gasteiger partial charge in [0.05, 0.1) is 18.0 Å². The van der Waals surface area contributed by atoms with Crippen molar-refractivity contribution in [3.63, 3.8) is 0 Å².